The van der Waals surface area contributed by atoms with Gasteiger partial charge in [-0.1, -0.05) is 12.1 Å². The number of para-hydroxylation sites is 1. The fourth-order valence-corrected chi connectivity index (χ4v) is 1.68. The number of primary amides is 1. The van der Waals surface area contributed by atoms with Crippen LogP contribution in [0.2, 0.25) is 0 Å². The van der Waals surface area contributed by atoms with Crippen molar-refractivity contribution in [2.45, 2.75) is 6.92 Å². The number of nitrogens with two attached hydrogens (primary N) is 1. The van der Waals surface area contributed by atoms with Gasteiger partial charge in [0.15, 0.2) is 5.76 Å². The molecule has 2 aromatic rings. The molecule has 20 heavy (non-hydrogen) atoms. The molecule has 0 aliphatic carbocycles. The molecule has 0 bridgehead atoms. The number of hydrogen-bond donors (Lipinski definition) is 2. The Balaban J connectivity index is 2.07. The highest BCUT2D eigenvalue weighted by Crippen LogP contribution is 2.14. The van der Waals surface area contributed by atoms with Crippen LogP contribution in [-0.2, 0) is 0 Å². The van der Waals surface area contributed by atoms with Crippen LogP contribution in [-0.4, -0.2) is 11.7 Å². The minimum atomic E-state index is -0.533. The van der Waals surface area contributed by atoms with Crippen molar-refractivity contribution in [3.05, 3.63) is 65.8 Å². The molecule has 0 saturated heterocycles. The van der Waals surface area contributed by atoms with Crippen molar-refractivity contribution in [2.24, 2.45) is 5.73 Å². The molecule has 5 heteroatoms. The molecule has 0 aliphatic heterocycles. The molecule has 1 aromatic heterocycles. The number of furan rings is 1. The molecule has 0 saturated carbocycles. The van der Waals surface area contributed by atoms with Crippen molar-refractivity contribution in [3.8, 4) is 0 Å². The van der Waals surface area contributed by atoms with E-state index < -0.39 is 5.91 Å². The van der Waals surface area contributed by atoms with Gasteiger partial charge in [0.2, 0.25) is 5.78 Å². The van der Waals surface area contributed by atoms with Gasteiger partial charge in [0.25, 0.3) is 5.91 Å². The maximum atomic E-state index is 11.8. The highest BCUT2D eigenvalue weighted by molar-refractivity contribution is 6.03. The number of anilines is 1. The van der Waals surface area contributed by atoms with Gasteiger partial charge in [0, 0.05) is 12.3 Å². The zero-order valence-corrected chi connectivity index (χ0v) is 10.9. The Kier molecular flexibility index (Phi) is 4.00. The van der Waals surface area contributed by atoms with Gasteiger partial charge in [0.05, 0.1) is 11.3 Å². The molecule has 0 radical (unpaired) electrons. The molecule has 1 aromatic carbocycles. The summed E-state index contributed by atoms with van der Waals surface area (Å²) in [5, 5.41) is 2.86. The summed E-state index contributed by atoms with van der Waals surface area (Å²) in [5.74, 6) is 0.147. The van der Waals surface area contributed by atoms with Crippen LogP contribution in [0.1, 0.15) is 26.7 Å². The molecule has 0 atom stereocenters. The zero-order chi connectivity index (χ0) is 14.5. The third-order valence-electron chi connectivity index (χ3n) is 2.65. The Hall–Kier alpha value is -2.82. The molecular weight excluding hydrogens is 256 g/mol. The normalized spacial score (nSPS) is 10.7. The van der Waals surface area contributed by atoms with Crippen molar-refractivity contribution in [2.75, 3.05) is 5.32 Å². The topological polar surface area (TPSA) is 85.3 Å². The fraction of sp³-hybridized carbons (Fsp3) is 0.0667. The molecule has 2 rings (SSSR count). The van der Waals surface area contributed by atoms with Crippen LogP contribution in [0.15, 0.2) is 53.1 Å². The largest absolute Gasteiger partial charge is 0.458 e. The molecule has 102 valence electrons. The second-order valence-corrected chi connectivity index (χ2v) is 4.16. The van der Waals surface area contributed by atoms with E-state index in [1.807, 2.05) is 0 Å². The maximum absolute atomic E-state index is 11.8. The Bertz CT molecular complexity index is 671. The van der Waals surface area contributed by atoms with Gasteiger partial charge < -0.3 is 15.5 Å². The number of aryl methyl sites for hydroxylation is 1. The minimum absolute atomic E-state index is 0.262. The molecule has 3 N–H and O–H groups in total. The van der Waals surface area contributed by atoms with Gasteiger partial charge in [-0.2, -0.15) is 0 Å². The van der Waals surface area contributed by atoms with Gasteiger partial charge >= 0.3 is 0 Å². The Morgan fingerprint density at radius 3 is 2.60 bits per heavy atom. The number of amides is 1. The molecule has 5 nitrogen and oxygen atoms in total. The van der Waals surface area contributed by atoms with Gasteiger partial charge in [-0.05, 0) is 31.2 Å². The van der Waals surface area contributed by atoms with Gasteiger partial charge in [0.1, 0.15) is 5.76 Å². The Morgan fingerprint density at radius 1 is 1.20 bits per heavy atom. The molecule has 0 fully saturated rings. The first kappa shape index (κ1) is 13.6. The molecule has 1 heterocycles. The lowest BCUT2D eigenvalue weighted by molar-refractivity contribution is 0.0998. The summed E-state index contributed by atoms with van der Waals surface area (Å²) in [7, 11) is 0. The van der Waals surface area contributed by atoms with E-state index in [9.17, 15) is 9.59 Å². The lowest BCUT2D eigenvalue weighted by Gasteiger charge is -2.05. The monoisotopic (exact) mass is 270 g/mol. The quantitative estimate of drug-likeness (QED) is 0.645. The summed E-state index contributed by atoms with van der Waals surface area (Å²) in [6.45, 7) is 1.77. The van der Waals surface area contributed by atoms with Gasteiger partial charge in [-0.3, -0.25) is 9.59 Å². The molecule has 0 spiro atoms. The second-order valence-electron chi connectivity index (χ2n) is 4.16. The lowest BCUT2D eigenvalue weighted by Crippen LogP contribution is -2.12. The number of hydrogen-bond acceptors (Lipinski definition) is 4. The molecule has 1 amide bonds. The Morgan fingerprint density at radius 2 is 1.95 bits per heavy atom. The van der Waals surface area contributed by atoms with E-state index in [1.54, 1.807) is 43.3 Å². The number of ketones is 1. The third kappa shape index (κ3) is 3.14. The van der Waals surface area contributed by atoms with Crippen LogP contribution < -0.4 is 11.1 Å². The van der Waals surface area contributed by atoms with Crippen molar-refractivity contribution in [1.29, 1.82) is 0 Å². The number of allylic oxidation sites excluding steroid dienone is 1. The van der Waals surface area contributed by atoms with Crippen molar-refractivity contribution in [1.82, 2.24) is 0 Å². The average Bonchev–Trinajstić information content (AvgIpc) is 2.86. The van der Waals surface area contributed by atoms with Crippen LogP contribution in [0.5, 0.6) is 0 Å². The van der Waals surface area contributed by atoms with E-state index in [-0.39, 0.29) is 11.5 Å². The molecule has 0 aliphatic rings. The Labute approximate surface area is 116 Å². The predicted molar refractivity (Wildman–Crippen MR) is 75.5 cm³/mol. The highest BCUT2D eigenvalue weighted by Gasteiger charge is 2.07. The SMILES string of the molecule is Cc1ccc(C(=O)/C=C/Nc2ccccc2C(N)=O)o1. The van der Waals surface area contributed by atoms with Crippen LogP contribution in [0.4, 0.5) is 5.69 Å². The number of nitrogens with one attached hydrogen (secondary N) is 1. The van der Waals surface area contributed by atoms with Gasteiger partial charge in [-0.25, -0.2) is 0 Å². The van der Waals surface area contributed by atoms with Crippen LogP contribution in [0.3, 0.4) is 0 Å². The van der Waals surface area contributed by atoms with E-state index in [0.717, 1.165) is 0 Å². The van der Waals surface area contributed by atoms with Crippen LogP contribution in [0.25, 0.3) is 0 Å². The number of rotatable bonds is 5. The fourth-order valence-electron chi connectivity index (χ4n) is 1.68. The summed E-state index contributed by atoms with van der Waals surface area (Å²) in [6.07, 6.45) is 2.78. The van der Waals surface area contributed by atoms with E-state index >= 15 is 0 Å². The van der Waals surface area contributed by atoms with E-state index in [2.05, 4.69) is 5.32 Å². The number of benzene rings is 1. The molecule has 0 unspecified atom stereocenters. The zero-order valence-electron chi connectivity index (χ0n) is 10.9. The minimum Gasteiger partial charge on any atom is -0.458 e. The van der Waals surface area contributed by atoms with Crippen molar-refractivity contribution < 1.29 is 14.0 Å². The number of carbonyl (C=O) groups is 2. The standard InChI is InChI=1S/C15H14N2O3/c1-10-6-7-14(20-10)13(18)8-9-17-12-5-3-2-4-11(12)15(16)19/h2-9,17H,1H3,(H2,16,19)/b9-8+. The summed E-state index contributed by atoms with van der Waals surface area (Å²) >= 11 is 0. The van der Waals surface area contributed by atoms with Crippen LogP contribution >= 0.6 is 0 Å². The summed E-state index contributed by atoms with van der Waals surface area (Å²) in [6, 6.07) is 10.1. The van der Waals surface area contributed by atoms with E-state index in [4.69, 9.17) is 10.2 Å². The second kappa shape index (κ2) is 5.88. The van der Waals surface area contributed by atoms with Crippen molar-refractivity contribution >= 4 is 17.4 Å². The smallest absolute Gasteiger partial charge is 0.250 e. The highest BCUT2D eigenvalue weighted by atomic mass is 16.3. The predicted octanol–water partition coefficient (Wildman–Crippen LogP) is 2.50. The summed E-state index contributed by atoms with van der Waals surface area (Å²) in [5.41, 5.74) is 6.16. The van der Waals surface area contributed by atoms with E-state index in [0.29, 0.717) is 17.0 Å². The van der Waals surface area contributed by atoms with Gasteiger partial charge in [-0.15, -0.1) is 0 Å². The third-order valence-corrected chi connectivity index (χ3v) is 2.65. The maximum Gasteiger partial charge on any atom is 0.250 e. The number of carbonyl (C=O) groups excluding carboxylic acids is 2. The molecular formula is C15H14N2O3. The summed E-state index contributed by atoms with van der Waals surface area (Å²) < 4.78 is 5.21. The summed E-state index contributed by atoms with van der Waals surface area (Å²) in [4.78, 5) is 23.0. The van der Waals surface area contributed by atoms with Crippen molar-refractivity contribution in [3.63, 3.8) is 0 Å². The van der Waals surface area contributed by atoms with E-state index in [1.165, 1.54) is 12.3 Å². The van der Waals surface area contributed by atoms with Crippen LogP contribution in [0, 0.1) is 6.92 Å². The first-order valence-electron chi connectivity index (χ1n) is 6.00. The first-order valence-corrected chi connectivity index (χ1v) is 6.00. The average molecular weight is 270 g/mol. The first-order chi connectivity index (χ1) is 9.58. The lowest BCUT2D eigenvalue weighted by atomic mass is 10.1.